The van der Waals surface area contributed by atoms with E-state index in [1.165, 1.54) is 0 Å². The van der Waals surface area contributed by atoms with Gasteiger partial charge in [-0.2, -0.15) is 5.10 Å². The lowest BCUT2D eigenvalue weighted by Crippen LogP contribution is -2.07. The highest BCUT2D eigenvalue weighted by Crippen LogP contribution is 2.19. The summed E-state index contributed by atoms with van der Waals surface area (Å²) >= 11 is 0. The van der Waals surface area contributed by atoms with E-state index in [0.717, 1.165) is 29.4 Å². The Hall–Kier alpha value is -1.95. The van der Waals surface area contributed by atoms with Crippen LogP contribution in [0.1, 0.15) is 19.7 Å². The molecular weight excluding hydrogens is 254 g/mol. The summed E-state index contributed by atoms with van der Waals surface area (Å²) in [5, 5.41) is 7.42. The predicted molar refractivity (Wildman–Crippen MR) is 78.6 cm³/mol. The van der Waals surface area contributed by atoms with Gasteiger partial charge in [-0.3, -0.25) is 4.68 Å². The van der Waals surface area contributed by atoms with Gasteiger partial charge in [-0.1, -0.05) is 0 Å². The van der Waals surface area contributed by atoms with Crippen molar-refractivity contribution in [2.75, 3.05) is 25.1 Å². The van der Waals surface area contributed by atoms with Crippen molar-refractivity contribution in [3.8, 4) is 11.3 Å². The summed E-state index contributed by atoms with van der Waals surface area (Å²) in [6.07, 6.45) is 4.47. The van der Waals surface area contributed by atoms with Crippen LogP contribution in [-0.2, 0) is 18.2 Å². The van der Waals surface area contributed by atoms with Crippen LogP contribution in [0.2, 0.25) is 0 Å². The second-order valence-electron chi connectivity index (χ2n) is 4.43. The van der Waals surface area contributed by atoms with Gasteiger partial charge in [-0.25, -0.2) is 9.97 Å². The number of hydrogen-bond acceptors (Lipinski definition) is 5. The number of nitrogens with one attached hydrogen (secondary N) is 1. The second-order valence-corrected chi connectivity index (χ2v) is 4.43. The normalized spacial score (nSPS) is 10.8. The van der Waals surface area contributed by atoms with Crippen molar-refractivity contribution in [2.24, 2.45) is 7.05 Å². The second kappa shape index (κ2) is 7.00. The molecule has 0 radical (unpaired) electrons. The zero-order chi connectivity index (χ0) is 14.4. The molecule has 0 aliphatic heterocycles. The molecule has 6 nitrogen and oxygen atoms in total. The zero-order valence-electron chi connectivity index (χ0n) is 12.3. The molecule has 0 unspecified atom stereocenters. The molecule has 0 spiro atoms. The topological polar surface area (TPSA) is 64.9 Å². The molecule has 0 aliphatic carbocycles. The molecule has 0 saturated carbocycles. The number of nitrogens with zero attached hydrogens (tertiary/aromatic N) is 4. The Balaban J connectivity index is 2.25. The minimum absolute atomic E-state index is 0.637. The van der Waals surface area contributed by atoms with Gasteiger partial charge in [0.25, 0.3) is 0 Å². The van der Waals surface area contributed by atoms with Gasteiger partial charge in [0.05, 0.1) is 18.5 Å². The van der Waals surface area contributed by atoms with E-state index in [1.54, 1.807) is 4.68 Å². The molecule has 2 heterocycles. The maximum Gasteiger partial charge on any atom is 0.133 e. The van der Waals surface area contributed by atoms with Crippen LogP contribution in [0.15, 0.2) is 18.5 Å². The summed E-state index contributed by atoms with van der Waals surface area (Å²) in [6, 6.07) is 1.95. The summed E-state index contributed by atoms with van der Waals surface area (Å²) < 4.78 is 7.14. The number of aryl methyl sites for hydroxylation is 1. The van der Waals surface area contributed by atoms with E-state index >= 15 is 0 Å². The van der Waals surface area contributed by atoms with Crippen LogP contribution in [0, 0.1) is 0 Å². The largest absolute Gasteiger partial charge is 0.381 e. The molecule has 0 aromatic carbocycles. The van der Waals surface area contributed by atoms with Crippen LogP contribution in [0.4, 0.5) is 5.82 Å². The van der Waals surface area contributed by atoms with Gasteiger partial charge in [-0.05, 0) is 13.8 Å². The van der Waals surface area contributed by atoms with E-state index in [-0.39, 0.29) is 0 Å². The van der Waals surface area contributed by atoms with Gasteiger partial charge in [-0.15, -0.1) is 0 Å². The highest BCUT2D eigenvalue weighted by molar-refractivity contribution is 5.60. The molecule has 2 aromatic heterocycles. The fourth-order valence-corrected chi connectivity index (χ4v) is 1.89. The number of rotatable bonds is 7. The number of hydrogen-bond donors (Lipinski definition) is 1. The number of ether oxygens (including phenoxy) is 1. The third-order valence-corrected chi connectivity index (χ3v) is 2.81. The van der Waals surface area contributed by atoms with E-state index in [1.807, 2.05) is 39.4 Å². The molecule has 108 valence electrons. The standard InChI is InChI=1S/C14H21N5O/c1-4-15-14-8-12(11-9-16-19(3)10-11)17-13(18-14)6-7-20-5-2/h8-10H,4-7H2,1-3H3,(H,15,17,18). The quantitative estimate of drug-likeness (QED) is 0.782. The molecule has 20 heavy (non-hydrogen) atoms. The van der Waals surface area contributed by atoms with E-state index in [9.17, 15) is 0 Å². The molecule has 0 bridgehead atoms. The van der Waals surface area contributed by atoms with Crippen molar-refractivity contribution in [1.82, 2.24) is 19.7 Å². The highest BCUT2D eigenvalue weighted by Gasteiger charge is 2.08. The lowest BCUT2D eigenvalue weighted by Gasteiger charge is -2.08. The Bertz CT molecular complexity index is 552. The smallest absolute Gasteiger partial charge is 0.133 e. The van der Waals surface area contributed by atoms with Crippen molar-refractivity contribution in [3.05, 3.63) is 24.3 Å². The molecular formula is C14H21N5O. The molecule has 0 atom stereocenters. The van der Waals surface area contributed by atoms with Gasteiger partial charge in [0.2, 0.25) is 0 Å². The first-order chi connectivity index (χ1) is 9.72. The Labute approximate surface area is 119 Å². The van der Waals surface area contributed by atoms with Crippen molar-refractivity contribution < 1.29 is 4.74 Å². The molecule has 6 heteroatoms. The molecule has 0 amide bonds. The first-order valence-corrected chi connectivity index (χ1v) is 6.91. The third-order valence-electron chi connectivity index (χ3n) is 2.81. The van der Waals surface area contributed by atoms with Crippen molar-refractivity contribution in [2.45, 2.75) is 20.3 Å². The SMILES string of the molecule is CCNc1cc(-c2cnn(C)c2)nc(CCOCC)n1. The third kappa shape index (κ3) is 3.77. The van der Waals surface area contributed by atoms with Gasteiger partial charge in [0.1, 0.15) is 11.6 Å². The molecule has 1 N–H and O–H groups in total. The van der Waals surface area contributed by atoms with Crippen molar-refractivity contribution in [3.63, 3.8) is 0 Å². The number of anilines is 1. The Kier molecular flexibility index (Phi) is 5.06. The van der Waals surface area contributed by atoms with Crippen LogP contribution in [-0.4, -0.2) is 39.5 Å². The van der Waals surface area contributed by atoms with E-state index in [4.69, 9.17) is 4.74 Å². The Morgan fingerprint density at radius 2 is 2.15 bits per heavy atom. The fraction of sp³-hybridized carbons (Fsp3) is 0.500. The Morgan fingerprint density at radius 3 is 2.80 bits per heavy atom. The Morgan fingerprint density at radius 1 is 1.30 bits per heavy atom. The minimum atomic E-state index is 0.637. The van der Waals surface area contributed by atoms with Crippen LogP contribution in [0.5, 0.6) is 0 Å². The van der Waals surface area contributed by atoms with Crippen LogP contribution in [0.3, 0.4) is 0 Å². The average molecular weight is 275 g/mol. The minimum Gasteiger partial charge on any atom is -0.381 e. The van der Waals surface area contributed by atoms with Gasteiger partial charge in [0.15, 0.2) is 0 Å². The van der Waals surface area contributed by atoms with Crippen molar-refractivity contribution in [1.29, 1.82) is 0 Å². The molecule has 0 fully saturated rings. The zero-order valence-corrected chi connectivity index (χ0v) is 12.3. The number of aromatic nitrogens is 4. The summed E-state index contributed by atoms with van der Waals surface area (Å²) in [5.74, 6) is 1.63. The van der Waals surface area contributed by atoms with Gasteiger partial charge >= 0.3 is 0 Å². The van der Waals surface area contributed by atoms with E-state index in [2.05, 4.69) is 20.4 Å². The van der Waals surface area contributed by atoms with Crippen LogP contribution >= 0.6 is 0 Å². The van der Waals surface area contributed by atoms with Crippen LogP contribution < -0.4 is 5.32 Å². The predicted octanol–water partition coefficient (Wildman–Crippen LogP) is 1.89. The summed E-state index contributed by atoms with van der Waals surface area (Å²) in [7, 11) is 1.89. The lowest BCUT2D eigenvalue weighted by atomic mass is 10.2. The molecule has 0 aliphatic rings. The summed E-state index contributed by atoms with van der Waals surface area (Å²) in [6.45, 7) is 6.21. The maximum atomic E-state index is 5.37. The average Bonchev–Trinajstić information content (AvgIpc) is 2.86. The van der Waals surface area contributed by atoms with Gasteiger partial charge < -0.3 is 10.1 Å². The van der Waals surface area contributed by atoms with Crippen molar-refractivity contribution >= 4 is 5.82 Å². The van der Waals surface area contributed by atoms with E-state index < -0.39 is 0 Å². The molecule has 0 saturated heterocycles. The summed E-state index contributed by atoms with van der Waals surface area (Å²) in [5.41, 5.74) is 1.88. The van der Waals surface area contributed by atoms with Gasteiger partial charge in [0, 0.05) is 44.4 Å². The fourth-order valence-electron chi connectivity index (χ4n) is 1.89. The highest BCUT2D eigenvalue weighted by atomic mass is 16.5. The monoisotopic (exact) mass is 275 g/mol. The van der Waals surface area contributed by atoms with Crippen LogP contribution in [0.25, 0.3) is 11.3 Å². The first-order valence-electron chi connectivity index (χ1n) is 6.91. The lowest BCUT2D eigenvalue weighted by molar-refractivity contribution is 0.149. The molecule has 2 rings (SSSR count). The maximum absolute atomic E-state index is 5.37. The first kappa shape index (κ1) is 14.5. The molecule has 2 aromatic rings. The summed E-state index contributed by atoms with van der Waals surface area (Å²) in [4.78, 5) is 9.08. The van der Waals surface area contributed by atoms with E-state index in [0.29, 0.717) is 19.6 Å².